The molecule has 0 atom stereocenters. The number of carbonyl (C=O) groups excluding carboxylic acids is 2. The molecule has 1 aromatic rings. The van der Waals surface area contributed by atoms with Crippen LogP contribution in [-0.2, 0) is 16.0 Å². The normalized spacial score (nSPS) is 15.0. The third-order valence-electron chi connectivity index (χ3n) is 4.35. The number of likely N-dealkylation sites (tertiary alicyclic amines) is 1. The Labute approximate surface area is 154 Å². The predicted molar refractivity (Wildman–Crippen MR) is 99.0 cm³/mol. The predicted octanol–water partition coefficient (Wildman–Crippen LogP) is 2.75. The Morgan fingerprint density at radius 3 is 2.52 bits per heavy atom. The zero-order valence-corrected chi connectivity index (χ0v) is 15.6. The van der Waals surface area contributed by atoms with E-state index >= 15 is 0 Å². The number of benzene rings is 1. The van der Waals surface area contributed by atoms with Crippen molar-refractivity contribution in [3.63, 3.8) is 0 Å². The van der Waals surface area contributed by atoms with Gasteiger partial charge in [0.2, 0.25) is 5.91 Å². The van der Waals surface area contributed by atoms with Crippen LogP contribution in [0.15, 0.2) is 24.3 Å². The van der Waals surface area contributed by atoms with E-state index in [0.717, 1.165) is 25.7 Å². The number of amides is 2. The molecule has 2 amide bonds. The van der Waals surface area contributed by atoms with E-state index in [0.29, 0.717) is 31.1 Å². The summed E-state index contributed by atoms with van der Waals surface area (Å²) >= 11 is 5.60. The van der Waals surface area contributed by atoms with Crippen molar-refractivity contribution in [3.8, 4) is 5.75 Å². The lowest BCUT2D eigenvalue weighted by atomic mass is 10.0. The molecule has 25 heavy (non-hydrogen) atoms. The van der Waals surface area contributed by atoms with Crippen LogP contribution in [0.3, 0.4) is 0 Å². The first-order valence-electron chi connectivity index (χ1n) is 8.97. The molecule has 0 unspecified atom stereocenters. The van der Waals surface area contributed by atoms with Gasteiger partial charge in [0, 0.05) is 31.4 Å². The van der Waals surface area contributed by atoms with Crippen molar-refractivity contribution in [1.29, 1.82) is 0 Å². The fourth-order valence-corrected chi connectivity index (χ4v) is 3.13. The summed E-state index contributed by atoms with van der Waals surface area (Å²) in [4.78, 5) is 25.6. The smallest absolute Gasteiger partial charge is 0.258 e. The summed E-state index contributed by atoms with van der Waals surface area (Å²) < 4.78 is 5.54. The Morgan fingerprint density at radius 2 is 1.92 bits per heavy atom. The molecule has 5 nitrogen and oxygen atoms in total. The molecule has 0 radical (unpaired) electrons. The van der Waals surface area contributed by atoms with E-state index in [1.54, 1.807) is 0 Å². The molecule has 0 aliphatic carbocycles. The molecule has 0 aromatic heterocycles. The standard InChI is InChI=1S/C19H27ClN2O3/c1-2-3-15-4-6-17(7-5-15)25-14-18(23)21-16-9-12-22(13-10-16)19(24)8-11-20/h4-7,16H,2-3,8-14H2,1H3,(H,21,23). The quantitative estimate of drug-likeness (QED) is 0.720. The van der Waals surface area contributed by atoms with Crippen LogP contribution in [0.5, 0.6) is 5.75 Å². The lowest BCUT2D eigenvalue weighted by molar-refractivity contribution is -0.132. The molecule has 0 bridgehead atoms. The Hall–Kier alpha value is -1.75. The van der Waals surface area contributed by atoms with Gasteiger partial charge in [-0.3, -0.25) is 9.59 Å². The molecular weight excluding hydrogens is 340 g/mol. The maximum atomic E-state index is 12.0. The fourth-order valence-electron chi connectivity index (χ4n) is 2.97. The number of piperidine rings is 1. The summed E-state index contributed by atoms with van der Waals surface area (Å²) in [5.41, 5.74) is 1.27. The highest BCUT2D eigenvalue weighted by atomic mass is 35.5. The van der Waals surface area contributed by atoms with Gasteiger partial charge in [-0.2, -0.15) is 0 Å². The summed E-state index contributed by atoms with van der Waals surface area (Å²) in [5, 5.41) is 2.98. The number of hydrogen-bond donors (Lipinski definition) is 1. The minimum atomic E-state index is -0.122. The van der Waals surface area contributed by atoms with Crippen LogP contribution in [0, 0.1) is 0 Å². The number of hydrogen-bond acceptors (Lipinski definition) is 3. The third kappa shape index (κ3) is 6.58. The van der Waals surface area contributed by atoms with Gasteiger partial charge in [-0.15, -0.1) is 11.6 Å². The zero-order valence-electron chi connectivity index (χ0n) is 14.8. The molecule has 1 N–H and O–H groups in total. The topological polar surface area (TPSA) is 58.6 Å². The molecule has 2 rings (SSSR count). The molecular formula is C19H27ClN2O3. The van der Waals surface area contributed by atoms with E-state index in [4.69, 9.17) is 16.3 Å². The first-order chi connectivity index (χ1) is 12.1. The van der Waals surface area contributed by atoms with Crippen molar-refractivity contribution in [2.24, 2.45) is 0 Å². The van der Waals surface area contributed by atoms with E-state index in [9.17, 15) is 9.59 Å². The lowest BCUT2D eigenvalue weighted by Crippen LogP contribution is -2.47. The van der Waals surface area contributed by atoms with Crippen molar-refractivity contribution < 1.29 is 14.3 Å². The highest BCUT2D eigenvalue weighted by Gasteiger charge is 2.23. The average Bonchev–Trinajstić information content (AvgIpc) is 2.62. The van der Waals surface area contributed by atoms with E-state index in [1.807, 2.05) is 29.2 Å². The summed E-state index contributed by atoms with van der Waals surface area (Å²) in [7, 11) is 0. The molecule has 1 saturated heterocycles. The first-order valence-corrected chi connectivity index (χ1v) is 9.50. The van der Waals surface area contributed by atoms with Crippen LogP contribution >= 0.6 is 11.6 Å². The van der Waals surface area contributed by atoms with Crippen molar-refractivity contribution >= 4 is 23.4 Å². The number of ether oxygens (including phenoxy) is 1. The Bertz CT molecular complexity index is 554. The minimum Gasteiger partial charge on any atom is -0.484 e. The highest BCUT2D eigenvalue weighted by Crippen LogP contribution is 2.14. The maximum Gasteiger partial charge on any atom is 0.258 e. The minimum absolute atomic E-state index is 0.0124. The maximum absolute atomic E-state index is 12.0. The van der Waals surface area contributed by atoms with Gasteiger partial charge in [0.25, 0.3) is 5.91 Å². The molecule has 0 saturated carbocycles. The number of aryl methyl sites for hydroxylation is 1. The number of carbonyl (C=O) groups is 2. The third-order valence-corrected chi connectivity index (χ3v) is 4.54. The van der Waals surface area contributed by atoms with Crippen LogP contribution < -0.4 is 10.1 Å². The van der Waals surface area contributed by atoms with Crippen LogP contribution in [0.25, 0.3) is 0 Å². The number of alkyl halides is 1. The van der Waals surface area contributed by atoms with Crippen molar-refractivity contribution in [3.05, 3.63) is 29.8 Å². The number of rotatable bonds is 8. The first kappa shape index (κ1) is 19.6. The van der Waals surface area contributed by atoms with E-state index in [1.165, 1.54) is 5.56 Å². The Balaban J connectivity index is 1.68. The fraction of sp³-hybridized carbons (Fsp3) is 0.579. The number of nitrogens with zero attached hydrogens (tertiary/aromatic N) is 1. The molecule has 1 aromatic carbocycles. The zero-order chi connectivity index (χ0) is 18.1. The molecule has 1 aliphatic heterocycles. The number of nitrogens with one attached hydrogen (secondary N) is 1. The van der Waals surface area contributed by atoms with E-state index in [-0.39, 0.29) is 24.5 Å². The second kappa shape index (κ2) is 10.3. The number of halogens is 1. The molecule has 6 heteroatoms. The summed E-state index contributed by atoms with van der Waals surface area (Å²) in [6, 6.07) is 7.97. The molecule has 0 spiro atoms. The summed E-state index contributed by atoms with van der Waals surface area (Å²) in [6.45, 7) is 3.49. The summed E-state index contributed by atoms with van der Waals surface area (Å²) in [6.07, 6.45) is 4.08. The van der Waals surface area contributed by atoms with Crippen LogP contribution in [0.4, 0.5) is 0 Å². The largest absolute Gasteiger partial charge is 0.484 e. The second-order valence-electron chi connectivity index (χ2n) is 6.34. The monoisotopic (exact) mass is 366 g/mol. The second-order valence-corrected chi connectivity index (χ2v) is 6.72. The Kier molecular flexibility index (Phi) is 8.06. The van der Waals surface area contributed by atoms with Crippen LogP contribution in [0.2, 0.25) is 0 Å². The van der Waals surface area contributed by atoms with Gasteiger partial charge in [-0.1, -0.05) is 25.5 Å². The van der Waals surface area contributed by atoms with Gasteiger partial charge in [0.1, 0.15) is 5.75 Å². The molecule has 1 fully saturated rings. The van der Waals surface area contributed by atoms with Crippen molar-refractivity contribution in [2.45, 2.75) is 45.1 Å². The van der Waals surface area contributed by atoms with Gasteiger partial charge in [0.15, 0.2) is 6.61 Å². The van der Waals surface area contributed by atoms with Crippen LogP contribution in [-0.4, -0.2) is 48.3 Å². The van der Waals surface area contributed by atoms with Gasteiger partial charge >= 0.3 is 0 Å². The Morgan fingerprint density at radius 1 is 1.24 bits per heavy atom. The summed E-state index contributed by atoms with van der Waals surface area (Å²) in [5.74, 6) is 1.03. The van der Waals surface area contributed by atoms with Crippen LogP contribution in [0.1, 0.15) is 38.2 Å². The molecule has 1 heterocycles. The molecule has 138 valence electrons. The highest BCUT2D eigenvalue weighted by molar-refractivity contribution is 6.18. The van der Waals surface area contributed by atoms with E-state index in [2.05, 4.69) is 12.2 Å². The average molecular weight is 367 g/mol. The van der Waals surface area contributed by atoms with Gasteiger partial charge in [-0.25, -0.2) is 0 Å². The SMILES string of the molecule is CCCc1ccc(OCC(=O)NC2CCN(C(=O)CCCl)CC2)cc1. The van der Waals surface area contributed by atoms with Gasteiger partial charge in [-0.05, 0) is 37.0 Å². The molecule has 1 aliphatic rings. The van der Waals surface area contributed by atoms with Gasteiger partial charge < -0.3 is 15.0 Å². The van der Waals surface area contributed by atoms with Gasteiger partial charge in [0.05, 0.1) is 0 Å². The van der Waals surface area contributed by atoms with Crippen molar-refractivity contribution in [2.75, 3.05) is 25.6 Å². The van der Waals surface area contributed by atoms with Crippen molar-refractivity contribution in [1.82, 2.24) is 10.2 Å². The van der Waals surface area contributed by atoms with E-state index < -0.39 is 0 Å². The lowest BCUT2D eigenvalue weighted by Gasteiger charge is -2.32.